The summed E-state index contributed by atoms with van der Waals surface area (Å²) in [7, 11) is 4.28. The van der Waals surface area contributed by atoms with Crippen LogP contribution in [-0.2, 0) is 6.42 Å². The molecule has 0 radical (unpaired) electrons. The molecule has 3 rings (SSSR count). The van der Waals surface area contributed by atoms with Crippen LogP contribution in [-0.4, -0.2) is 37.7 Å². The molecule has 0 saturated carbocycles. The fraction of sp³-hybridized carbons (Fsp3) is 0.647. The largest absolute Gasteiger partial charge is 0.487 e. The smallest absolute Gasteiger partial charge is 0.128 e. The van der Waals surface area contributed by atoms with Gasteiger partial charge in [0.2, 0.25) is 0 Å². The van der Waals surface area contributed by atoms with Crippen LogP contribution in [0.1, 0.15) is 37.4 Å². The molecule has 1 N–H and O–H groups in total. The minimum absolute atomic E-state index is 0.0614. The van der Waals surface area contributed by atoms with Gasteiger partial charge < -0.3 is 10.1 Å². The SMILES string of the molecule is CNCC1CCN(C)C1c1cccc2c1OC(C)(C)C2. The quantitative estimate of drug-likeness (QED) is 0.917. The Balaban J connectivity index is 1.97. The molecule has 2 unspecified atom stereocenters. The van der Waals surface area contributed by atoms with Crippen molar-refractivity contribution in [3.8, 4) is 5.75 Å². The van der Waals surface area contributed by atoms with E-state index < -0.39 is 0 Å². The normalized spacial score (nSPS) is 28.4. The number of rotatable bonds is 3. The van der Waals surface area contributed by atoms with Crippen molar-refractivity contribution in [3.05, 3.63) is 29.3 Å². The molecule has 2 aliphatic heterocycles. The molecule has 110 valence electrons. The average Bonchev–Trinajstić information content (AvgIpc) is 2.88. The van der Waals surface area contributed by atoms with Gasteiger partial charge in [0.25, 0.3) is 0 Å². The Morgan fingerprint density at radius 2 is 2.20 bits per heavy atom. The average molecular weight is 274 g/mol. The summed E-state index contributed by atoms with van der Waals surface area (Å²) in [5.74, 6) is 1.82. The summed E-state index contributed by atoms with van der Waals surface area (Å²) < 4.78 is 6.27. The first kappa shape index (κ1) is 13.9. The predicted octanol–water partition coefficient (Wildman–Crippen LogP) is 2.61. The second-order valence-electron chi connectivity index (χ2n) is 6.91. The molecule has 2 atom stereocenters. The van der Waals surface area contributed by atoms with E-state index in [1.54, 1.807) is 0 Å². The van der Waals surface area contributed by atoms with Crippen molar-refractivity contribution in [3.63, 3.8) is 0 Å². The summed E-state index contributed by atoms with van der Waals surface area (Å²) in [6.07, 6.45) is 2.28. The van der Waals surface area contributed by atoms with Crippen molar-refractivity contribution < 1.29 is 4.74 Å². The molecule has 3 nitrogen and oxygen atoms in total. The number of likely N-dealkylation sites (tertiary alicyclic amines) is 1. The van der Waals surface area contributed by atoms with Gasteiger partial charge in [0.1, 0.15) is 11.4 Å². The topological polar surface area (TPSA) is 24.5 Å². The minimum atomic E-state index is -0.0614. The minimum Gasteiger partial charge on any atom is -0.487 e. The van der Waals surface area contributed by atoms with E-state index in [1.807, 2.05) is 7.05 Å². The summed E-state index contributed by atoms with van der Waals surface area (Å²) in [6, 6.07) is 7.15. The van der Waals surface area contributed by atoms with Gasteiger partial charge in [0.15, 0.2) is 0 Å². The van der Waals surface area contributed by atoms with Gasteiger partial charge in [-0.05, 0) is 58.9 Å². The Morgan fingerprint density at radius 3 is 2.95 bits per heavy atom. The number of nitrogens with zero attached hydrogens (tertiary/aromatic N) is 1. The Labute approximate surface area is 122 Å². The first-order chi connectivity index (χ1) is 9.52. The third-order valence-electron chi connectivity index (χ3n) is 4.68. The first-order valence-corrected chi connectivity index (χ1v) is 7.67. The van der Waals surface area contributed by atoms with Crippen LogP contribution in [0.3, 0.4) is 0 Å². The van der Waals surface area contributed by atoms with Crippen molar-refractivity contribution in [2.45, 2.75) is 38.3 Å². The molecular weight excluding hydrogens is 248 g/mol. The van der Waals surface area contributed by atoms with Crippen LogP contribution in [0, 0.1) is 5.92 Å². The number of nitrogens with one attached hydrogen (secondary N) is 1. The highest BCUT2D eigenvalue weighted by Gasteiger charge is 2.38. The molecule has 1 aromatic rings. The highest BCUT2D eigenvalue weighted by Crippen LogP contribution is 2.45. The summed E-state index contributed by atoms with van der Waals surface area (Å²) in [4.78, 5) is 2.48. The number of fused-ring (bicyclic) bond motifs is 1. The molecule has 1 saturated heterocycles. The van der Waals surface area contributed by atoms with Crippen LogP contribution < -0.4 is 10.1 Å². The van der Waals surface area contributed by atoms with Gasteiger partial charge >= 0.3 is 0 Å². The zero-order chi connectivity index (χ0) is 14.3. The van der Waals surface area contributed by atoms with E-state index in [0.717, 1.165) is 18.7 Å². The fourth-order valence-corrected chi connectivity index (χ4v) is 3.87. The van der Waals surface area contributed by atoms with Gasteiger partial charge in [0, 0.05) is 18.0 Å². The van der Waals surface area contributed by atoms with Crippen LogP contribution in [0.5, 0.6) is 5.75 Å². The molecule has 0 aliphatic carbocycles. The Morgan fingerprint density at radius 1 is 1.40 bits per heavy atom. The molecule has 2 aliphatic rings. The van der Waals surface area contributed by atoms with Gasteiger partial charge in [0.05, 0.1) is 0 Å². The van der Waals surface area contributed by atoms with Gasteiger partial charge in [-0.15, -0.1) is 0 Å². The maximum Gasteiger partial charge on any atom is 0.128 e. The Bertz CT molecular complexity index is 496. The molecule has 20 heavy (non-hydrogen) atoms. The van der Waals surface area contributed by atoms with Gasteiger partial charge in [-0.3, -0.25) is 4.90 Å². The Kier molecular flexibility index (Phi) is 3.51. The van der Waals surface area contributed by atoms with Crippen molar-refractivity contribution >= 4 is 0 Å². The van der Waals surface area contributed by atoms with E-state index in [4.69, 9.17) is 4.74 Å². The lowest BCUT2D eigenvalue weighted by atomic mass is 9.91. The highest BCUT2D eigenvalue weighted by molar-refractivity contribution is 5.47. The molecule has 0 spiro atoms. The van der Waals surface area contributed by atoms with E-state index in [1.165, 1.54) is 24.1 Å². The summed E-state index contributed by atoms with van der Waals surface area (Å²) in [5, 5.41) is 3.35. The fourth-order valence-electron chi connectivity index (χ4n) is 3.87. The summed E-state index contributed by atoms with van der Waals surface area (Å²) in [5.41, 5.74) is 2.69. The first-order valence-electron chi connectivity index (χ1n) is 7.67. The number of hydrogen-bond donors (Lipinski definition) is 1. The van der Waals surface area contributed by atoms with Crippen molar-refractivity contribution in [1.29, 1.82) is 0 Å². The molecule has 0 aromatic heterocycles. The maximum atomic E-state index is 6.27. The molecule has 1 aromatic carbocycles. The highest BCUT2D eigenvalue weighted by atomic mass is 16.5. The van der Waals surface area contributed by atoms with E-state index in [-0.39, 0.29) is 5.60 Å². The lowest BCUT2D eigenvalue weighted by Crippen LogP contribution is -2.28. The maximum absolute atomic E-state index is 6.27. The standard InChI is InChI=1S/C17H26N2O/c1-17(2)10-12-6-5-7-14(16(12)20-17)15-13(11-18-3)8-9-19(15)4/h5-7,13,15,18H,8-11H2,1-4H3. The van der Waals surface area contributed by atoms with Crippen molar-refractivity contribution in [2.24, 2.45) is 5.92 Å². The van der Waals surface area contributed by atoms with Crippen LogP contribution in [0.4, 0.5) is 0 Å². The van der Waals surface area contributed by atoms with Crippen LogP contribution in [0.2, 0.25) is 0 Å². The summed E-state index contributed by atoms with van der Waals surface area (Å²) in [6.45, 7) is 6.60. The van der Waals surface area contributed by atoms with Crippen molar-refractivity contribution in [1.82, 2.24) is 10.2 Å². The molecular formula is C17H26N2O. The number of hydrogen-bond acceptors (Lipinski definition) is 3. The third-order valence-corrected chi connectivity index (χ3v) is 4.68. The van der Waals surface area contributed by atoms with Gasteiger partial charge in [-0.1, -0.05) is 18.2 Å². The number of ether oxygens (including phenoxy) is 1. The number of para-hydroxylation sites is 1. The number of benzene rings is 1. The molecule has 0 amide bonds. The molecule has 1 fully saturated rings. The monoisotopic (exact) mass is 274 g/mol. The predicted molar refractivity (Wildman–Crippen MR) is 82.3 cm³/mol. The molecule has 2 heterocycles. The van der Waals surface area contributed by atoms with E-state index in [2.05, 4.69) is 49.3 Å². The van der Waals surface area contributed by atoms with Crippen molar-refractivity contribution in [2.75, 3.05) is 27.2 Å². The second-order valence-corrected chi connectivity index (χ2v) is 6.91. The zero-order valence-electron chi connectivity index (χ0n) is 13.1. The van der Waals surface area contributed by atoms with Crippen LogP contribution in [0.15, 0.2) is 18.2 Å². The van der Waals surface area contributed by atoms with E-state index in [9.17, 15) is 0 Å². The van der Waals surface area contributed by atoms with Crippen LogP contribution >= 0.6 is 0 Å². The molecule has 3 heteroatoms. The zero-order valence-corrected chi connectivity index (χ0v) is 13.1. The second kappa shape index (κ2) is 5.05. The van der Waals surface area contributed by atoms with E-state index in [0.29, 0.717) is 12.0 Å². The lowest BCUT2D eigenvalue weighted by molar-refractivity contribution is 0.133. The van der Waals surface area contributed by atoms with Gasteiger partial charge in [-0.2, -0.15) is 0 Å². The lowest BCUT2D eigenvalue weighted by Gasteiger charge is -2.28. The van der Waals surface area contributed by atoms with E-state index >= 15 is 0 Å². The van der Waals surface area contributed by atoms with Gasteiger partial charge in [-0.25, -0.2) is 0 Å². The Hall–Kier alpha value is -1.06. The molecule has 0 bridgehead atoms. The summed E-state index contributed by atoms with van der Waals surface area (Å²) >= 11 is 0. The third kappa shape index (κ3) is 2.33. The van der Waals surface area contributed by atoms with Crippen LogP contribution in [0.25, 0.3) is 0 Å².